The fraction of sp³-hybridized carbons (Fsp3) is 0.529. The zero-order chi connectivity index (χ0) is 19.5. The summed E-state index contributed by atoms with van der Waals surface area (Å²) >= 11 is 7.03. The highest BCUT2D eigenvalue weighted by atomic mass is 32.2. The number of nitro groups is 1. The van der Waals surface area contributed by atoms with Gasteiger partial charge in [-0.15, -0.1) is 0 Å². The Morgan fingerprint density at radius 1 is 1.35 bits per heavy atom. The Hall–Kier alpha value is -1.87. The molecule has 1 saturated heterocycles. The van der Waals surface area contributed by atoms with E-state index in [-0.39, 0.29) is 17.1 Å². The van der Waals surface area contributed by atoms with Gasteiger partial charge in [0, 0.05) is 37.5 Å². The molecule has 1 aromatic carbocycles. The molecule has 142 valence electrons. The van der Waals surface area contributed by atoms with Gasteiger partial charge in [-0.05, 0) is 11.0 Å². The van der Waals surface area contributed by atoms with Crippen molar-refractivity contribution in [1.82, 2.24) is 9.80 Å². The summed E-state index contributed by atoms with van der Waals surface area (Å²) < 4.78 is 0.725. The van der Waals surface area contributed by atoms with Crippen LogP contribution in [0.5, 0.6) is 0 Å². The number of thioether (sulfide) groups is 1. The number of carbonyl (C=O) groups is 1. The topological polar surface area (TPSA) is 86.9 Å². The number of non-ortho nitro benzene ring substituents is 1. The van der Waals surface area contributed by atoms with Crippen LogP contribution in [-0.4, -0.2) is 55.9 Å². The zero-order valence-corrected chi connectivity index (χ0v) is 16.7. The van der Waals surface area contributed by atoms with Gasteiger partial charge in [0.05, 0.1) is 11.0 Å². The molecule has 1 aromatic rings. The summed E-state index contributed by atoms with van der Waals surface area (Å²) in [4.78, 5) is 25.3. The third-order valence-electron chi connectivity index (χ3n) is 4.39. The van der Waals surface area contributed by atoms with Gasteiger partial charge in [0.15, 0.2) is 0 Å². The van der Waals surface area contributed by atoms with Crippen LogP contribution in [0.2, 0.25) is 0 Å². The van der Waals surface area contributed by atoms with E-state index < -0.39 is 11.0 Å². The quantitative estimate of drug-likeness (QED) is 0.471. The molecule has 1 aliphatic heterocycles. The van der Waals surface area contributed by atoms with E-state index in [9.17, 15) is 20.0 Å². The molecule has 0 saturated carbocycles. The van der Waals surface area contributed by atoms with Crippen molar-refractivity contribution in [1.29, 1.82) is 0 Å². The molecule has 7 nitrogen and oxygen atoms in total. The minimum Gasteiger partial charge on any atom is -0.465 e. The lowest BCUT2D eigenvalue weighted by atomic mass is 9.84. The molecular weight excluding hydrogens is 374 g/mol. The summed E-state index contributed by atoms with van der Waals surface area (Å²) in [5.41, 5.74) is 0.842. The van der Waals surface area contributed by atoms with Crippen LogP contribution in [-0.2, 0) is 5.75 Å². The molecule has 2 rings (SSSR count). The number of piperazine rings is 1. The van der Waals surface area contributed by atoms with Gasteiger partial charge in [-0.25, -0.2) is 4.79 Å². The normalized spacial score (nSPS) is 17.9. The zero-order valence-electron chi connectivity index (χ0n) is 15.0. The van der Waals surface area contributed by atoms with Gasteiger partial charge < -0.3 is 14.9 Å². The molecule has 0 aliphatic carbocycles. The Morgan fingerprint density at radius 3 is 2.46 bits per heavy atom. The molecule has 9 heteroatoms. The third-order valence-corrected chi connectivity index (χ3v) is 5.99. The lowest BCUT2D eigenvalue weighted by molar-refractivity contribution is -0.384. The fourth-order valence-electron chi connectivity index (χ4n) is 2.87. The second kappa shape index (κ2) is 8.22. The molecule has 0 spiro atoms. The Balaban J connectivity index is 1.97. The van der Waals surface area contributed by atoms with Gasteiger partial charge in [-0.2, -0.15) is 0 Å². The van der Waals surface area contributed by atoms with Crippen LogP contribution in [0.15, 0.2) is 24.3 Å². The third kappa shape index (κ3) is 5.07. The first-order valence-electron chi connectivity index (χ1n) is 8.24. The number of rotatable bonds is 3. The number of hydrogen-bond donors (Lipinski definition) is 1. The van der Waals surface area contributed by atoms with Crippen LogP contribution in [0.1, 0.15) is 26.3 Å². The van der Waals surface area contributed by atoms with E-state index >= 15 is 0 Å². The molecular formula is C17H23N3O4S2. The summed E-state index contributed by atoms with van der Waals surface area (Å²) in [6.07, 6.45) is -0.894. The molecule has 0 bridgehead atoms. The van der Waals surface area contributed by atoms with Crippen molar-refractivity contribution in [3.8, 4) is 0 Å². The average Bonchev–Trinajstić information content (AvgIpc) is 2.58. The van der Waals surface area contributed by atoms with Crippen molar-refractivity contribution < 1.29 is 14.8 Å². The molecule has 1 N–H and O–H groups in total. The number of benzene rings is 1. The maximum Gasteiger partial charge on any atom is 0.407 e. The lowest BCUT2D eigenvalue weighted by Crippen LogP contribution is -2.59. The van der Waals surface area contributed by atoms with Gasteiger partial charge in [0.2, 0.25) is 0 Å². The van der Waals surface area contributed by atoms with Crippen LogP contribution in [0.4, 0.5) is 10.5 Å². The number of hydrogen-bond acceptors (Lipinski definition) is 5. The molecule has 1 aliphatic rings. The monoisotopic (exact) mass is 397 g/mol. The van der Waals surface area contributed by atoms with Gasteiger partial charge in [-0.1, -0.05) is 56.9 Å². The minimum atomic E-state index is -0.894. The molecule has 0 radical (unpaired) electrons. The van der Waals surface area contributed by atoms with Gasteiger partial charge in [0.1, 0.15) is 4.32 Å². The van der Waals surface area contributed by atoms with Crippen LogP contribution >= 0.6 is 24.0 Å². The average molecular weight is 398 g/mol. The van der Waals surface area contributed by atoms with E-state index in [1.54, 1.807) is 12.1 Å². The number of carboxylic acid groups (broad SMARTS) is 1. The summed E-state index contributed by atoms with van der Waals surface area (Å²) in [6.45, 7) is 7.67. The first kappa shape index (κ1) is 20.4. The maximum atomic E-state index is 11.5. The Morgan fingerprint density at radius 2 is 1.96 bits per heavy atom. The molecule has 1 atom stereocenters. The van der Waals surface area contributed by atoms with E-state index in [1.807, 2.05) is 20.8 Å². The van der Waals surface area contributed by atoms with E-state index in [4.69, 9.17) is 12.2 Å². The first-order chi connectivity index (χ1) is 12.1. The number of nitrogens with zero attached hydrogens (tertiary/aromatic N) is 3. The van der Waals surface area contributed by atoms with Crippen molar-refractivity contribution in [2.24, 2.45) is 5.41 Å². The highest BCUT2D eigenvalue weighted by Gasteiger charge is 2.38. The summed E-state index contributed by atoms with van der Waals surface area (Å²) in [5, 5.41) is 20.1. The highest BCUT2D eigenvalue weighted by molar-refractivity contribution is 8.22. The predicted octanol–water partition coefficient (Wildman–Crippen LogP) is 3.82. The van der Waals surface area contributed by atoms with Crippen molar-refractivity contribution in [3.05, 3.63) is 39.9 Å². The smallest absolute Gasteiger partial charge is 0.407 e. The SMILES string of the molecule is CC(C)(C)C1CN(C(=S)SCc2ccc([N+](=O)[O-])cc2)CCN1C(=O)O. The number of thiocarbonyl (C=S) groups is 1. The molecule has 1 fully saturated rings. The van der Waals surface area contributed by atoms with E-state index in [0.717, 1.165) is 9.88 Å². The van der Waals surface area contributed by atoms with Crippen molar-refractivity contribution in [2.75, 3.05) is 19.6 Å². The Kier molecular flexibility index (Phi) is 6.46. The van der Waals surface area contributed by atoms with Gasteiger partial charge >= 0.3 is 6.09 Å². The molecule has 0 aromatic heterocycles. The van der Waals surface area contributed by atoms with Gasteiger partial charge in [0.25, 0.3) is 5.69 Å². The standard InChI is InChI=1S/C17H23N3O4S2/c1-17(2,3)14-10-18(8-9-19(14)15(21)22)16(25)26-11-12-4-6-13(7-5-12)20(23)24/h4-7,14H,8-11H2,1-3H3,(H,21,22). The van der Waals surface area contributed by atoms with Crippen LogP contribution in [0.3, 0.4) is 0 Å². The summed E-state index contributed by atoms with van der Waals surface area (Å²) in [6, 6.07) is 6.30. The minimum absolute atomic E-state index is 0.0686. The predicted molar refractivity (Wildman–Crippen MR) is 107 cm³/mol. The Labute approximate surface area is 162 Å². The summed E-state index contributed by atoms with van der Waals surface area (Å²) in [7, 11) is 0. The molecule has 1 heterocycles. The fourth-order valence-corrected chi connectivity index (χ4v) is 4.04. The highest BCUT2D eigenvalue weighted by Crippen LogP contribution is 2.29. The van der Waals surface area contributed by atoms with Gasteiger partial charge in [-0.3, -0.25) is 10.1 Å². The first-order valence-corrected chi connectivity index (χ1v) is 9.63. The maximum absolute atomic E-state index is 11.5. The van der Waals surface area contributed by atoms with Crippen LogP contribution in [0, 0.1) is 15.5 Å². The Bertz CT molecular complexity index is 688. The van der Waals surface area contributed by atoms with Crippen LogP contribution < -0.4 is 0 Å². The second-order valence-corrected chi connectivity index (χ2v) is 8.89. The van der Waals surface area contributed by atoms with E-state index in [0.29, 0.717) is 25.4 Å². The van der Waals surface area contributed by atoms with E-state index in [2.05, 4.69) is 4.90 Å². The number of amides is 1. The van der Waals surface area contributed by atoms with E-state index in [1.165, 1.54) is 28.8 Å². The van der Waals surface area contributed by atoms with Crippen molar-refractivity contribution in [3.63, 3.8) is 0 Å². The lowest BCUT2D eigenvalue weighted by Gasteiger charge is -2.46. The molecule has 1 unspecified atom stereocenters. The van der Waals surface area contributed by atoms with Crippen LogP contribution in [0.25, 0.3) is 0 Å². The summed E-state index contributed by atoms with van der Waals surface area (Å²) in [5.74, 6) is 0.621. The number of nitro benzene ring substituents is 1. The van der Waals surface area contributed by atoms with Crippen molar-refractivity contribution in [2.45, 2.75) is 32.6 Å². The molecule has 26 heavy (non-hydrogen) atoms. The van der Waals surface area contributed by atoms with Crippen molar-refractivity contribution >= 4 is 40.1 Å². The molecule has 1 amide bonds. The largest absolute Gasteiger partial charge is 0.465 e. The second-order valence-electron chi connectivity index (χ2n) is 7.28.